The van der Waals surface area contributed by atoms with Crippen molar-refractivity contribution >= 4 is 31.9 Å². The van der Waals surface area contributed by atoms with Gasteiger partial charge in [-0.1, -0.05) is 22.0 Å². The Morgan fingerprint density at radius 1 is 1.35 bits per heavy atom. The molecule has 0 aromatic heterocycles. The van der Waals surface area contributed by atoms with Gasteiger partial charge < -0.3 is 5.32 Å². The summed E-state index contributed by atoms with van der Waals surface area (Å²) in [5.74, 6) is -0.603. The molecule has 0 aliphatic heterocycles. The Bertz CT molecular complexity index is 578. The fraction of sp³-hybridized carbons (Fsp3) is 0.417. The summed E-state index contributed by atoms with van der Waals surface area (Å²) in [6.45, 7) is 0.339. The maximum absolute atomic E-state index is 13.5. The number of halogens is 2. The number of aryl methyl sites for hydroxylation is 1. The van der Waals surface area contributed by atoms with Gasteiger partial charge in [-0.3, -0.25) is 4.79 Å². The van der Waals surface area contributed by atoms with Crippen LogP contribution in [0.3, 0.4) is 0 Å². The summed E-state index contributed by atoms with van der Waals surface area (Å²) in [7, 11) is -3.24. The summed E-state index contributed by atoms with van der Waals surface area (Å²) in [6.07, 6.45) is 1.49. The Morgan fingerprint density at radius 2 is 2.05 bits per heavy atom. The van der Waals surface area contributed by atoms with E-state index in [1.54, 1.807) is 12.1 Å². The van der Waals surface area contributed by atoms with E-state index < -0.39 is 10.0 Å². The van der Waals surface area contributed by atoms with Gasteiger partial charge in [-0.2, -0.15) is 0 Å². The smallest absolute Gasteiger partial charge is 0.220 e. The monoisotopic (exact) mass is 366 g/mol. The minimum Gasteiger partial charge on any atom is -0.355 e. The molecule has 1 aromatic rings. The van der Waals surface area contributed by atoms with E-state index in [-0.39, 0.29) is 31.2 Å². The zero-order chi connectivity index (χ0) is 15.2. The molecule has 0 bridgehead atoms. The third-order valence-corrected chi connectivity index (χ3v) is 3.67. The normalized spacial score (nSPS) is 11.3. The van der Waals surface area contributed by atoms with Crippen LogP contribution < -0.4 is 10.0 Å². The predicted octanol–water partition coefficient (Wildman–Crippen LogP) is 1.19. The fourth-order valence-electron chi connectivity index (χ4n) is 1.50. The molecule has 0 saturated heterocycles. The molecule has 0 atom stereocenters. The first-order chi connectivity index (χ1) is 9.28. The second-order valence-corrected chi connectivity index (χ2v) is 7.00. The van der Waals surface area contributed by atoms with Gasteiger partial charge in [0.05, 0.1) is 6.26 Å². The molecule has 5 nitrogen and oxygen atoms in total. The minimum atomic E-state index is -3.24. The molecule has 0 heterocycles. The number of carbonyl (C=O) groups excluding carboxylic acids is 1. The molecule has 0 aliphatic carbocycles. The molecule has 112 valence electrons. The predicted molar refractivity (Wildman–Crippen MR) is 78.3 cm³/mol. The summed E-state index contributed by atoms with van der Waals surface area (Å²) in [4.78, 5) is 11.5. The highest BCUT2D eigenvalue weighted by Gasteiger charge is 2.07. The van der Waals surface area contributed by atoms with Crippen molar-refractivity contribution in [1.82, 2.24) is 10.0 Å². The van der Waals surface area contributed by atoms with Crippen molar-refractivity contribution in [1.29, 1.82) is 0 Å². The van der Waals surface area contributed by atoms with Crippen LogP contribution in [0.2, 0.25) is 0 Å². The van der Waals surface area contributed by atoms with Gasteiger partial charge >= 0.3 is 0 Å². The molecule has 1 rings (SSSR count). The Kier molecular flexibility index (Phi) is 6.57. The molecular weight excluding hydrogens is 351 g/mol. The Morgan fingerprint density at radius 3 is 2.65 bits per heavy atom. The van der Waals surface area contributed by atoms with E-state index in [1.165, 1.54) is 6.07 Å². The summed E-state index contributed by atoms with van der Waals surface area (Å²) in [5, 5.41) is 2.56. The number of hydrogen-bond acceptors (Lipinski definition) is 3. The van der Waals surface area contributed by atoms with Gasteiger partial charge in [0.2, 0.25) is 15.9 Å². The van der Waals surface area contributed by atoms with Crippen molar-refractivity contribution in [2.75, 3.05) is 19.3 Å². The number of rotatable bonds is 7. The van der Waals surface area contributed by atoms with Crippen LogP contribution in [-0.2, 0) is 21.2 Å². The zero-order valence-electron chi connectivity index (χ0n) is 10.9. The number of amides is 1. The number of benzene rings is 1. The minimum absolute atomic E-state index is 0.136. The number of hydrogen-bond donors (Lipinski definition) is 2. The third kappa shape index (κ3) is 6.97. The van der Waals surface area contributed by atoms with Crippen molar-refractivity contribution in [3.8, 4) is 0 Å². The van der Waals surface area contributed by atoms with E-state index in [9.17, 15) is 17.6 Å². The van der Waals surface area contributed by atoms with Crippen LogP contribution in [0.25, 0.3) is 0 Å². The largest absolute Gasteiger partial charge is 0.355 e. The zero-order valence-corrected chi connectivity index (χ0v) is 13.4. The average molecular weight is 367 g/mol. The highest BCUT2D eigenvalue weighted by Crippen LogP contribution is 2.16. The van der Waals surface area contributed by atoms with Crippen molar-refractivity contribution in [2.45, 2.75) is 12.8 Å². The lowest BCUT2D eigenvalue weighted by atomic mass is 10.1. The van der Waals surface area contributed by atoms with Crippen LogP contribution in [0.1, 0.15) is 12.0 Å². The molecule has 1 amide bonds. The van der Waals surface area contributed by atoms with Gasteiger partial charge in [0.25, 0.3) is 0 Å². The Labute approximate surface area is 126 Å². The van der Waals surface area contributed by atoms with Crippen LogP contribution in [0.5, 0.6) is 0 Å². The molecular formula is C12H16BrFN2O3S. The topological polar surface area (TPSA) is 75.3 Å². The van der Waals surface area contributed by atoms with Crippen LogP contribution in [-0.4, -0.2) is 33.7 Å². The average Bonchev–Trinajstić information content (AvgIpc) is 2.32. The molecule has 2 N–H and O–H groups in total. The molecule has 0 unspecified atom stereocenters. The molecule has 8 heteroatoms. The van der Waals surface area contributed by atoms with Crippen molar-refractivity contribution in [3.05, 3.63) is 34.1 Å². The van der Waals surface area contributed by atoms with Gasteiger partial charge in [-0.25, -0.2) is 17.5 Å². The van der Waals surface area contributed by atoms with Gasteiger partial charge in [-0.15, -0.1) is 0 Å². The van der Waals surface area contributed by atoms with Crippen molar-refractivity contribution in [3.63, 3.8) is 0 Å². The van der Waals surface area contributed by atoms with Crippen molar-refractivity contribution in [2.24, 2.45) is 0 Å². The molecule has 0 aliphatic rings. The first-order valence-corrected chi connectivity index (χ1v) is 8.61. The van der Waals surface area contributed by atoms with Gasteiger partial charge in [0, 0.05) is 24.0 Å². The maximum Gasteiger partial charge on any atom is 0.220 e. The second-order valence-electron chi connectivity index (χ2n) is 4.25. The fourth-order valence-corrected chi connectivity index (χ4v) is 2.31. The van der Waals surface area contributed by atoms with E-state index in [0.717, 1.165) is 6.26 Å². The standard InChI is InChI=1S/C12H16BrFN2O3S/c1-20(18,19)16-7-6-15-12(17)5-3-9-2-4-10(13)8-11(9)14/h2,4,8,16H,3,5-7H2,1H3,(H,15,17). The summed E-state index contributed by atoms with van der Waals surface area (Å²) in [5.41, 5.74) is 0.470. The number of carbonyl (C=O) groups is 1. The van der Waals surface area contributed by atoms with Crippen molar-refractivity contribution < 1.29 is 17.6 Å². The third-order valence-electron chi connectivity index (χ3n) is 2.45. The van der Waals surface area contributed by atoms with Gasteiger partial charge in [0.1, 0.15) is 5.82 Å². The number of sulfonamides is 1. The summed E-state index contributed by atoms with van der Waals surface area (Å²) < 4.78 is 38.0. The number of nitrogens with one attached hydrogen (secondary N) is 2. The van der Waals surface area contributed by atoms with Crippen LogP contribution in [0.15, 0.2) is 22.7 Å². The quantitative estimate of drug-likeness (QED) is 0.711. The van der Waals surface area contributed by atoms with Gasteiger partial charge in [-0.05, 0) is 24.1 Å². The lowest BCUT2D eigenvalue weighted by Gasteiger charge is -2.06. The maximum atomic E-state index is 13.5. The van der Waals surface area contributed by atoms with Gasteiger partial charge in [0.15, 0.2) is 0 Å². The van der Waals surface area contributed by atoms with E-state index in [0.29, 0.717) is 16.5 Å². The van der Waals surface area contributed by atoms with E-state index in [1.807, 2.05) is 0 Å². The Hall–Kier alpha value is -0.990. The first kappa shape index (κ1) is 17.1. The van der Waals surface area contributed by atoms with Crippen LogP contribution in [0, 0.1) is 5.82 Å². The molecule has 0 saturated carbocycles. The van der Waals surface area contributed by atoms with E-state index >= 15 is 0 Å². The highest BCUT2D eigenvalue weighted by molar-refractivity contribution is 9.10. The lowest BCUT2D eigenvalue weighted by molar-refractivity contribution is -0.121. The van der Waals surface area contributed by atoms with E-state index in [4.69, 9.17) is 0 Å². The van der Waals surface area contributed by atoms with Crippen LogP contribution >= 0.6 is 15.9 Å². The molecule has 0 fully saturated rings. The SMILES string of the molecule is CS(=O)(=O)NCCNC(=O)CCc1ccc(Br)cc1F. The molecule has 1 aromatic carbocycles. The molecule has 0 radical (unpaired) electrons. The van der Waals surface area contributed by atoms with E-state index in [2.05, 4.69) is 26.0 Å². The Balaban J connectivity index is 2.29. The lowest BCUT2D eigenvalue weighted by Crippen LogP contribution is -2.34. The van der Waals surface area contributed by atoms with Crippen LogP contribution in [0.4, 0.5) is 4.39 Å². The second kappa shape index (κ2) is 7.70. The molecule has 20 heavy (non-hydrogen) atoms. The summed E-state index contributed by atoms with van der Waals surface area (Å²) in [6, 6.07) is 4.69. The first-order valence-electron chi connectivity index (χ1n) is 5.93. The molecule has 0 spiro atoms. The highest BCUT2D eigenvalue weighted by atomic mass is 79.9. The summed E-state index contributed by atoms with van der Waals surface area (Å²) >= 11 is 3.16.